The molecule has 0 bridgehead atoms. The molecule has 86 valence electrons. The van der Waals surface area contributed by atoms with Crippen molar-refractivity contribution in [1.82, 2.24) is 0 Å². The average molecular weight is 206 g/mol. The Morgan fingerprint density at radius 2 is 2.00 bits per heavy atom. The largest absolute Gasteiger partial charge is 0.466 e. The SMILES string of the molecule is CCCOCC(C)O.CCOC(C)=O. The zero-order valence-electron chi connectivity index (χ0n) is 9.58. The van der Waals surface area contributed by atoms with E-state index in [9.17, 15) is 4.79 Å². The molecule has 4 nitrogen and oxygen atoms in total. The summed E-state index contributed by atoms with van der Waals surface area (Å²) in [6, 6.07) is 0. The Bertz CT molecular complexity index is 123. The first-order valence-electron chi connectivity index (χ1n) is 4.93. The van der Waals surface area contributed by atoms with Gasteiger partial charge in [0, 0.05) is 13.5 Å². The third-order valence-corrected chi connectivity index (χ3v) is 1.06. The highest BCUT2D eigenvalue weighted by Crippen LogP contribution is 1.83. The van der Waals surface area contributed by atoms with E-state index >= 15 is 0 Å². The van der Waals surface area contributed by atoms with Crippen LogP contribution in [0.5, 0.6) is 0 Å². The van der Waals surface area contributed by atoms with Gasteiger partial charge in [-0.05, 0) is 20.3 Å². The molecule has 0 saturated carbocycles. The quantitative estimate of drug-likeness (QED) is 0.545. The minimum atomic E-state index is -0.318. The topological polar surface area (TPSA) is 55.8 Å². The minimum absolute atomic E-state index is 0.211. The maximum absolute atomic E-state index is 9.82. The number of carbonyl (C=O) groups excluding carboxylic acids is 1. The molecule has 1 unspecified atom stereocenters. The molecule has 0 aliphatic carbocycles. The zero-order chi connectivity index (χ0) is 11.4. The zero-order valence-corrected chi connectivity index (χ0v) is 9.58. The van der Waals surface area contributed by atoms with E-state index in [4.69, 9.17) is 9.84 Å². The molecule has 1 N–H and O–H groups in total. The van der Waals surface area contributed by atoms with E-state index < -0.39 is 0 Å². The van der Waals surface area contributed by atoms with Gasteiger partial charge in [-0.15, -0.1) is 0 Å². The number of ether oxygens (including phenoxy) is 2. The lowest BCUT2D eigenvalue weighted by Crippen LogP contribution is -2.10. The van der Waals surface area contributed by atoms with Crippen LogP contribution in [0.15, 0.2) is 0 Å². The molecule has 0 spiro atoms. The highest BCUT2D eigenvalue weighted by Gasteiger charge is 1.91. The standard InChI is InChI=1S/C6H14O2.C4H8O2/c1-3-4-8-5-6(2)7;1-3-6-4(2)5/h6-7H,3-5H2,1-2H3;3H2,1-2H3. The number of esters is 1. The molecule has 4 heteroatoms. The van der Waals surface area contributed by atoms with Crippen molar-refractivity contribution < 1.29 is 19.4 Å². The molecular weight excluding hydrogens is 184 g/mol. The molecule has 0 rings (SSSR count). The molecule has 0 aliphatic rings. The van der Waals surface area contributed by atoms with Crippen LogP contribution in [0.4, 0.5) is 0 Å². The Labute approximate surface area is 86.2 Å². The van der Waals surface area contributed by atoms with Gasteiger partial charge in [-0.25, -0.2) is 0 Å². The van der Waals surface area contributed by atoms with Crippen molar-refractivity contribution in [2.75, 3.05) is 19.8 Å². The highest BCUT2D eigenvalue weighted by molar-refractivity contribution is 5.65. The van der Waals surface area contributed by atoms with Gasteiger partial charge in [0.2, 0.25) is 0 Å². The van der Waals surface area contributed by atoms with Gasteiger partial charge in [0.1, 0.15) is 0 Å². The van der Waals surface area contributed by atoms with Crippen molar-refractivity contribution >= 4 is 5.97 Å². The molecule has 0 radical (unpaired) electrons. The molecule has 0 heterocycles. The van der Waals surface area contributed by atoms with Crippen LogP contribution in [0.2, 0.25) is 0 Å². The number of aliphatic hydroxyl groups excluding tert-OH is 1. The Balaban J connectivity index is 0. The van der Waals surface area contributed by atoms with E-state index in [1.54, 1.807) is 13.8 Å². The number of hydrogen-bond acceptors (Lipinski definition) is 4. The predicted octanol–water partition coefficient (Wildman–Crippen LogP) is 1.36. The van der Waals surface area contributed by atoms with Crippen molar-refractivity contribution in [2.45, 2.75) is 40.2 Å². The maximum Gasteiger partial charge on any atom is 0.302 e. The summed E-state index contributed by atoms with van der Waals surface area (Å²) in [7, 11) is 0. The maximum atomic E-state index is 9.82. The monoisotopic (exact) mass is 206 g/mol. The van der Waals surface area contributed by atoms with E-state index in [0.717, 1.165) is 13.0 Å². The second-order valence-electron chi connectivity index (χ2n) is 2.85. The Morgan fingerprint density at radius 1 is 1.43 bits per heavy atom. The van der Waals surface area contributed by atoms with Crippen LogP contribution >= 0.6 is 0 Å². The summed E-state index contributed by atoms with van der Waals surface area (Å²) in [4.78, 5) is 9.82. The van der Waals surface area contributed by atoms with E-state index in [1.807, 2.05) is 6.92 Å². The highest BCUT2D eigenvalue weighted by atomic mass is 16.5. The van der Waals surface area contributed by atoms with Crippen LogP contribution in [0.25, 0.3) is 0 Å². The second kappa shape index (κ2) is 12.4. The molecule has 14 heavy (non-hydrogen) atoms. The molecular formula is C10H22O4. The molecule has 0 aromatic rings. The van der Waals surface area contributed by atoms with Gasteiger partial charge < -0.3 is 14.6 Å². The smallest absolute Gasteiger partial charge is 0.302 e. The fourth-order valence-electron chi connectivity index (χ4n) is 0.601. The summed E-state index contributed by atoms with van der Waals surface area (Å²) in [5.41, 5.74) is 0. The van der Waals surface area contributed by atoms with Gasteiger partial charge in [-0.1, -0.05) is 6.92 Å². The van der Waals surface area contributed by atoms with Crippen molar-refractivity contribution in [3.63, 3.8) is 0 Å². The first kappa shape index (κ1) is 15.8. The predicted molar refractivity (Wildman–Crippen MR) is 55.1 cm³/mol. The molecule has 0 saturated heterocycles. The minimum Gasteiger partial charge on any atom is -0.466 e. The summed E-state index contributed by atoms with van der Waals surface area (Å²) in [5, 5.41) is 8.65. The van der Waals surface area contributed by atoms with Crippen LogP contribution in [0.3, 0.4) is 0 Å². The third-order valence-electron chi connectivity index (χ3n) is 1.06. The lowest BCUT2D eigenvalue weighted by molar-refractivity contribution is -0.140. The van der Waals surface area contributed by atoms with Crippen LogP contribution < -0.4 is 0 Å². The first-order chi connectivity index (χ1) is 6.54. The average Bonchev–Trinajstić information content (AvgIpc) is 2.05. The fourth-order valence-corrected chi connectivity index (χ4v) is 0.601. The second-order valence-corrected chi connectivity index (χ2v) is 2.85. The van der Waals surface area contributed by atoms with Gasteiger partial charge in [0.15, 0.2) is 0 Å². The molecule has 0 amide bonds. The van der Waals surface area contributed by atoms with Gasteiger partial charge in [-0.2, -0.15) is 0 Å². The summed E-state index contributed by atoms with van der Waals surface area (Å²) < 4.78 is 9.40. The van der Waals surface area contributed by atoms with Crippen molar-refractivity contribution in [3.05, 3.63) is 0 Å². The van der Waals surface area contributed by atoms with Crippen LogP contribution in [-0.2, 0) is 14.3 Å². The summed E-state index contributed by atoms with van der Waals surface area (Å²) in [5.74, 6) is -0.211. The van der Waals surface area contributed by atoms with Crippen LogP contribution in [-0.4, -0.2) is 37.0 Å². The van der Waals surface area contributed by atoms with Gasteiger partial charge in [0.05, 0.1) is 19.3 Å². The molecule has 0 aromatic heterocycles. The van der Waals surface area contributed by atoms with E-state index in [2.05, 4.69) is 4.74 Å². The molecule has 0 aromatic carbocycles. The Kier molecular flexibility index (Phi) is 14.0. The van der Waals surface area contributed by atoms with Gasteiger partial charge in [0.25, 0.3) is 0 Å². The van der Waals surface area contributed by atoms with Crippen LogP contribution in [0, 0.1) is 0 Å². The van der Waals surface area contributed by atoms with Crippen molar-refractivity contribution in [1.29, 1.82) is 0 Å². The van der Waals surface area contributed by atoms with Crippen molar-refractivity contribution in [2.24, 2.45) is 0 Å². The molecule has 0 aliphatic heterocycles. The number of rotatable bonds is 5. The van der Waals surface area contributed by atoms with Crippen LogP contribution in [0.1, 0.15) is 34.1 Å². The third kappa shape index (κ3) is 22.5. The lowest BCUT2D eigenvalue weighted by atomic mass is 10.4. The van der Waals surface area contributed by atoms with Crippen molar-refractivity contribution in [3.8, 4) is 0 Å². The first-order valence-corrected chi connectivity index (χ1v) is 4.93. The van der Waals surface area contributed by atoms with Gasteiger partial charge in [-0.3, -0.25) is 4.79 Å². The Morgan fingerprint density at radius 3 is 2.21 bits per heavy atom. The summed E-state index contributed by atoms with van der Waals surface area (Å²) in [6.07, 6.45) is 0.703. The van der Waals surface area contributed by atoms with Gasteiger partial charge >= 0.3 is 5.97 Å². The number of carbonyl (C=O) groups is 1. The number of hydrogen-bond donors (Lipinski definition) is 1. The summed E-state index contributed by atoms with van der Waals surface area (Å²) >= 11 is 0. The summed E-state index contributed by atoms with van der Waals surface area (Å²) in [6.45, 7) is 8.64. The number of aliphatic hydroxyl groups is 1. The fraction of sp³-hybridized carbons (Fsp3) is 0.900. The Hall–Kier alpha value is -0.610. The normalized spacial score (nSPS) is 11.2. The molecule has 0 fully saturated rings. The molecule has 1 atom stereocenters. The van der Waals surface area contributed by atoms with E-state index in [-0.39, 0.29) is 12.1 Å². The lowest BCUT2D eigenvalue weighted by Gasteiger charge is -2.02. The van der Waals surface area contributed by atoms with E-state index in [1.165, 1.54) is 6.92 Å². The van der Waals surface area contributed by atoms with E-state index in [0.29, 0.717) is 13.2 Å².